The fourth-order valence-corrected chi connectivity index (χ4v) is 3.75. The first-order valence-electron chi connectivity index (χ1n) is 8.59. The lowest BCUT2D eigenvalue weighted by atomic mass is 9.75. The summed E-state index contributed by atoms with van der Waals surface area (Å²) in [6.45, 7) is 6.56. The van der Waals surface area contributed by atoms with Crippen LogP contribution in [0.5, 0.6) is 0 Å². The minimum absolute atomic E-state index is 0.0716. The number of nitrogens with zero attached hydrogens (tertiary/aromatic N) is 1. The third-order valence-corrected chi connectivity index (χ3v) is 5.06. The molecule has 1 aliphatic heterocycles. The highest BCUT2D eigenvalue weighted by Crippen LogP contribution is 2.38. The maximum atomic E-state index is 12.8. The van der Waals surface area contributed by atoms with Gasteiger partial charge in [0.2, 0.25) is 11.8 Å². The van der Waals surface area contributed by atoms with Crippen molar-refractivity contribution in [3.05, 3.63) is 0 Å². The SMILES string of the molecule is CCCCCCN1C(=O)C(C)(C)NC(=O)C12CCCCC2. The Morgan fingerprint density at radius 2 is 1.71 bits per heavy atom. The quantitative estimate of drug-likeness (QED) is 0.792. The Labute approximate surface area is 128 Å². The summed E-state index contributed by atoms with van der Waals surface area (Å²) in [5.41, 5.74) is -1.32. The van der Waals surface area contributed by atoms with Gasteiger partial charge in [-0.1, -0.05) is 45.4 Å². The van der Waals surface area contributed by atoms with Crippen LogP contribution in [0.15, 0.2) is 0 Å². The number of rotatable bonds is 5. The number of hydrogen-bond donors (Lipinski definition) is 1. The number of amides is 2. The summed E-state index contributed by atoms with van der Waals surface area (Å²) in [4.78, 5) is 27.5. The zero-order valence-electron chi connectivity index (χ0n) is 13.8. The van der Waals surface area contributed by atoms with Crippen molar-refractivity contribution in [2.24, 2.45) is 0 Å². The van der Waals surface area contributed by atoms with E-state index in [-0.39, 0.29) is 11.8 Å². The summed E-state index contributed by atoms with van der Waals surface area (Å²) in [7, 11) is 0. The van der Waals surface area contributed by atoms with Crippen molar-refractivity contribution in [2.75, 3.05) is 6.54 Å². The van der Waals surface area contributed by atoms with Gasteiger partial charge in [0.15, 0.2) is 0 Å². The second-order valence-corrected chi connectivity index (χ2v) is 7.19. The molecule has 0 radical (unpaired) electrons. The molecule has 0 aromatic rings. The molecule has 0 aromatic carbocycles. The normalized spacial score (nSPS) is 24.2. The second kappa shape index (κ2) is 6.37. The fraction of sp³-hybridized carbons (Fsp3) is 0.882. The summed E-state index contributed by atoms with van der Waals surface area (Å²) >= 11 is 0. The predicted molar refractivity (Wildman–Crippen MR) is 83.9 cm³/mol. The zero-order chi connectivity index (χ0) is 15.5. The van der Waals surface area contributed by atoms with Crippen LogP contribution < -0.4 is 5.32 Å². The first-order valence-corrected chi connectivity index (χ1v) is 8.59. The van der Waals surface area contributed by atoms with E-state index < -0.39 is 11.1 Å². The van der Waals surface area contributed by atoms with Gasteiger partial charge in [0, 0.05) is 6.54 Å². The Morgan fingerprint density at radius 3 is 2.33 bits per heavy atom. The molecule has 4 heteroatoms. The van der Waals surface area contributed by atoms with Crippen molar-refractivity contribution in [1.29, 1.82) is 0 Å². The van der Waals surface area contributed by atoms with Gasteiger partial charge in [-0.2, -0.15) is 0 Å². The van der Waals surface area contributed by atoms with Gasteiger partial charge in [0.25, 0.3) is 0 Å². The fourth-order valence-electron chi connectivity index (χ4n) is 3.75. The molecule has 2 amide bonds. The topological polar surface area (TPSA) is 49.4 Å². The molecule has 0 aromatic heterocycles. The lowest BCUT2D eigenvalue weighted by Gasteiger charge is -2.52. The Kier molecular flexibility index (Phi) is 4.95. The Hall–Kier alpha value is -1.06. The summed E-state index contributed by atoms with van der Waals surface area (Å²) in [6, 6.07) is 0. The maximum absolute atomic E-state index is 12.8. The monoisotopic (exact) mass is 294 g/mol. The summed E-state index contributed by atoms with van der Waals surface area (Å²) < 4.78 is 0. The van der Waals surface area contributed by atoms with Gasteiger partial charge >= 0.3 is 0 Å². The molecule has 4 nitrogen and oxygen atoms in total. The molecule has 120 valence electrons. The smallest absolute Gasteiger partial charge is 0.248 e. The van der Waals surface area contributed by atoms with Crippen LogP contribution in [-0.4, -0.2) is 34.3 Å². The van der Waals surface area contributed by atoms with Crippen LogP contribution in [0, 0.1) is 0 Å². The standard InChI is InChI=1S/C17H30N2O2/c1-4-5-6-10-13-19-15(21)16(2,3)18-14(20)17(19)11-8-7-9-12-17/h4-13H2,1-3H3,(H,18,20). The van der Waals surface area contributed by atoms with Crippen molar-refractivity contribution in [3.63, 3.8) is 0 Å². The summed E-state index contributed by atoms with van der Waals surface area (Å²) in [5.74, 6) is 0.169. The van der Waals surface area contributed by atoms with Gasteiger partial charge in [0.05, 0.1) is 0 Å². The molecule has 21 heavy (non-hydrogen) atoms. The van der Waals surface area contributed by atoms with Crippen LogP contribution in [-0.2, 0) is 9.59 Å². The van der Waals surface area contributed by atoms with E-state index in [4.69, 9.17) is 0 Å². The molecule has 2 fully saturated rings. The van der Waals surface area contributed by atoms with Crippen molar-refractivity contribution in [3.8, 4) is 0 Å². The third-order valence-electron chi connectivity index (χ3n) is 5.06. The minimum Gasteiger partial charge on any atom is -0.340 e. The van der Waals surface area contributed by atoms with E-state index in [1.807, 2.05) is 18.7 Å². The van der Waals surface area contributed by atoms with Crippen LogP contribution in [0.4, 0.5) is 0 Å². The van der Waals surface area contributed by atoms with Gasteiger partial charge in [0.1, 0.15) is 11.1 Å². The van der Waals surface area contributed by atoms with E-state index in [9.17, 15) is 9.59 Å². The van der Waals surface area contributed by atoms with E-state index in [0.29, 0.717) is 0 Å². The molecular weight excluding hydrogens is 264 g/mol. The van der Waals surface area contributed by atoms with Crippen LogP contribution in [0.1, 0.15) is 78.6 Å². The van der Waals surface area contributed by atoms with E-state index in [1.165, 1.54) is 19.3 Å². The molecule has 2 aliphatic rings. The van der Waals surface area contributed by atoms with Crippen molar-refractivity contribution in [2.45, 2.75) is 89.6 Å². The number of piperazine rings is 1. The van der Waals surface area contributed by atoms with Gasteiger partial charge < -0.3 is 10.2 Å². The first-order chi connectivity index (χ1) is 9.94. The highest BCUT2D eigenvalue weighted by molar-refractivity contribution is 6.01. The second-order valence-electron chi connectivity index (χ2n) is 7.19. The van der Waals surface area contributed by atoms with Gasteiger partial charge in [-0.3, -0.25) is 9.59 Å². The Bertz CT molecular complexity index is 398. The number of carbonyl (C=O) groups is 2. The molecule has 1 heterocycles. The predicted octanol–water partition coefficient (Wildman–Crippen LogP) is 3.01. The van der Waals surface area contributed by atoms with E-state index in [2.05, 4.69) is 12.2 Å². The van der Waals surface area contributed by atoms with E-state index in [1.54, 1.807) is 0 Å². The molecule has 1 saturated carbocycles. The lowest BCUT2D eigenvalue weighted by Crippen LogP contribution is -2.74. The summed E-state index contributed by atoms with van der Waals surface area (Å²) in [5, 5.41) is 2.97. The number of nitrogens with one attached hydrogen (secondary N) is 1. The highest BCUT2D eigenvalue weighted by atomic mass is 16.2. The molecular formula is C17H30N2O2. The molecule has 2 rings (SSSR count). The van der Waals surface area contributed by atoms with Gasteiger partial charge in [-0.05, 0) is 33.1 Å². The molecule has 1 N–H and O–H groups in total. The number of hydrogen-bond acceptors (Lipinski definition) is 2. The molecule has 1 aliphatic carbocycles. The van der Waals surface area contributed by atoms with Crippen molar-refractivity contribution in [1.82, 2.24) is 10.2 Å². The van der Waals surface area contributed by atoms with E-state index in [0.717, 1.165) is 45.1 Å². The van der Waals surface area contributed by atoms with Crippen LogP contribution in [0.2, 0.25) is 0 Å². The van der Waals surface area contributed by atoms with Crippen LogP contribution in [0.3, 0.4) is 0 Å². The number of carbonyl (C=O) groups excluding carboxylic acids is 2. The Morgan fingerprint density at radius 1 is 1.05 bits per heavy atom. The first kappa shape index (κ1) is 16.3. The van der Waals surface area contributed by atoms with E-state index >= 15 is 0 Å². The molecule has 0 bridgehead atoms. The van der Waals surface area contributed by atoms with Gasteiger partial charge in [-0.15, -0.1) is 0 Å². The van der Waals surface area contributed by atoms with Crippen molar-refractivity contribution >= 4 is 11.8 Å². The van der Waals surface area contributed by atoms with Gasteiger partial charge in [-0.25, -0.2) is 0 Å². The minimum atomic E-state index is -0.759. The highest BCUT2D eigenvalue weighted by Gasteiger charge is 2.54. The van der Waals surface area contributed by atoms with Crippen molar-refractivity contribution < 1.29 is 9.59 Å². The number of unbranched alkanes of at least 4 members (excludes halogenated alkanes) is 3. The third kappa shape index (κ3) is 3.09. The largest absolute Gasteiger partial charge is 0.340 e. The average Bonchev–Trinajstić information content (AvgIpc) is 2.46. The average molecular weight is 294 g/mol. The maximum Gasteiger partial charge on any atom is 0.248 e. The zero-order valence-corrected chi connectivity index (χ0v) is 13.8. The summed E-state index contributed by atoms with van der Waals surface area (Å²) in [6.07, 6.45) is 9.46. The molecule has 1 spiro atoms. The lowest BCUT2D eigenvalue weighted by molar-refractivity contribution is -0.164. The molecule has 1 saturated heterocycles. The van der Waals surface area contributed by atoms with Crippen LogP contribution in [0.25, 0.3) is 0 Å². The molecule has 0 atom stereocenters. The molecule has 0 unspecified atom stereocenters. The van der Waals surface area contributed by atoms with Crippen LogP contribution >= 0.6 is 0 Å². The Balaban J connectivity index is 2.18.